The summed E-state index contributed by atoms with van der Waals surface area (Å²) in [6, 6.07) is 8.94. The minimum Gasteiger partial charge on any atom is -0.459 e. The zero-order valence-corrected chi connectivity index (χ0v) is 9.75. The van der Waals surface area contributed by atoms with E-state index >= 15 is 0 Å². The Hall–Kier alpha value is -2.56. The maximum absolute atomic E-state index is 12.1. The average molecular weight is 241 g/mol. The SMILES string of the molecule is CN(C(=O)c1ccco1)c1ccc2nc[nH]c2c1. The molecule has 0 atom stereocenters. The van der Waals surface area contributed by atoms with Gasteiger partial charge in [-0.2, -0.15) is 0 Å². The van der Waals surface area contributed by atoms with E-state index in [4.69, 9.17) is 4.42 Å². The van der Waals surface area contributed by atoms with Gasteiger partial charge in [-0.25, -0.2) is 4.98 Å². The molecule has 0 fully saturated rings. The third kappa shape index (κ3) is 1.66. The molecule has 2 aromatic heterocycles. The molecule has 1 N–H and O–H groups in total. The predicted molar refractivity (Wildman–Crippen MR) is 67.5 cm³/mol. The fraction of sp³-hybridized carbons (Fsp3) is 0.0769. The highest BCUT2D eigenvalue weighted by molar-refractivity contribution is 6.04. The van der Waals surface area contributed by atoms with Crippen molar-refractivity contribution in [2.24, 2.45) is 0 Å². The first-order chi connectivity index (χ1) is 8.75. The Morgan fingerprint density at radius 1 is 1.39 bits per heavy atom. The summed E-state index contributed by atoms with van der Waals surface area (Å²) < 4.78 is 5.10. The molecule has 1 amide bonds. The van der Waals surface area contributed by atoms with Crippen LogP contribution in [0, 0.1) is 0 Å². The van der Waals surface area contributed by atoms with E-state index in [9.17, 15) is 4.79 Å². The van der Waals surface area contributed by atoms with Crippen molar-refractivity contribution in [3.05, 3.63) is 48.7 Å². The maximum Gasteiger partial charge on any atom is 0.293 e. The summed E-state index contributed by atoms with van der Waals surface area (Å²) in [7, 11) is 1.71. The fourth-order valence-corrected chi connectivity index (χ4v) is 1.81. The standard InChI is InChI=1S/C13H11N3O2/c1-16(13(17)12-3-2-6-18-12)9-4-5-10-11(7-9)15-8-14-10/h2-8H,1H3,(H,14,15). The summed E-state index contributed by atoms with van der Waals surface area (Å²) in [4.78, 5) is 20.8. The van der Waals surface area contributed by atoms with Crippen LogP contribution in [-0.4, -0.2) is 22.9 Å². The van der Waals surface area contributed by atoms with Gasteiger partial charge in [0.05, 0.1) is 23.6 Å². The van der Waals surface area contributed by atoms with Gasteiger partial charge < -0.3 is 14.3 Å². The van der Waals surface area contributed by atoms with Gasteiger partial charge in [-0.15, -0.1) is 0 Å². The predicted octanol–water partition coefficient (Wildman–Crippen LogP) is 2.43. The molecule has 0 saturated carbocycles. The van der Waals surface area contributed by atoms with E-state index in [1.807, 2.05) is 18.2 Å². The number of furan rings is 1. The number of amides is 1. The van der Waals surface area contributed by atoms with E-state index in [1.165, 1.54) is 6.26 Å². The maximum atomic E-state index is 12.1. The minimum absolute atomic E-state index is 0.182. The Morgan fingerprint density at radius 3 is 3.06 bits per heavy atom. The van der Waals surface area contributed by atoms with Crippen molar-refractivity contribution in [1.82, 2.24) is 9.97 Å². The lowest BCUT2D eigenvalue weighted by Crippen LogP contribution is -2.25. The van der Waals surface area contributed by atoms with Crippen molar-refractivity contribution in [1.29, 1.82) is 0 Å². The average Bonchev–Trinajstić information content (AvgIpc) is 3.06. The van der Waals surface area contributed by atoms with Crippen LogP contribution in [0.4, 0.5) is 5.69 Å². The van der Waals surface area contributed by atoms with E-state index in [2.05, 4.69) is 9.97 Å². The molecule has 0 aliphatic rings. The normalized spacial score (nSPS) is 10.7. The molecule has 0 radical (unpaired) electrons. The Bertz CT molecular complexity index is 685. The number of benzene rings is 1. The zero-order valence-electron chi connectivity index (χ0n) is 9.75. The minimum atomic E-state index is -0.182. The number of nitrogens with zero attached hydrogens (tertiary/aromatic N) is 2. The van der Waals surface area contributed by atoms with Crippen LogP contribution in [0.2, 0.25) is 0 Å². The van der Waals surface area contributed by atoms with Crippen molar-refractivity contribution in [2.45, 2.75) is 0 Å². The third-order valence-corrected chi connectivity index (χ3v) is 2.83. The molecule has 0 saturated heterocycles. The first kappa shape index (κ1) is 10.6. The van der Waals surface area contributed by atoms with Crippen LogP contribution in [0.15, 0.2) is 47.3 Å². The molecule has 90 valence electrons. The van der Waals surface area contributed by atoms with Gasteiger partial charge in [-0.05, 0) is 30.3 Å². The summed E-state index contributed by atoms with van der Waals surface area (Å²) in [5, 5.41) is 0. The molecule has 18 heavy (non-hydrogen) atoms. The molecule has 5 nitrogen and oxygen atoms in total. The number of rotatable bonds is 2. The summed E-state index contributed by atoms with van der Waals surface area (Å²) in [6.07, 6.45) is 3.11. The number of hydrogen-bond donors (Lipinski definition) is 1. The van der Waals surface area contributed by atoms with E-state index in [0.29, 0.717) is 5.76 Å². The number of aromatic amines is 1. The summed E-state index contributed by atoms with van der Waals surface area (Å²) >= 11 is 0. The second-order valence-corrected chi connectivity index (χ2v) is 3.95. The molecule has 1 aromatic carbocycles. The molecule has 0 unspecified atom stereocenters. The Kier molecular flexibility index (Phi) is 2.37. The summed E-state index contributed by atoms with van der Waals surface area (Å²) in [6.45, 7) is 0. The van der Waals surface area contributed by atoms with Gasteiger partial charge in [-0.1, -0.05) is 0 Å². The molecule has 0 aliphatic carbocycles. The summed E-state index contributed by atoms with van der Waals surface area (Å²) in [5.74, 6) is 0.140. The van der Waals surface area contributed by atoms with Crippen LogP contribution in [0.5, 0.6) is 0 Å². The molecule has 3 rings (SSSR count). The van der Waals surface area contributed by atoms with Crippen LogP contribution < -0.4 is 4.90 Å². The van der Waals surface area contributed by atoms with Crippen LogP contribution in [-0.2, 0) is 0 Å². The van der Waals surface area contributed by atoms with Gasteiger partial charge in [-0.3, -0.25) is 4.79 Å². The van der Waals surface area contributed by atoms with Crippen LogP contribution in [0.3, 0.4) is 0 Å². The Labute approximate surface area is 103 Å². The van der Waals surface area contributed by atoms with Crippen molar-refractivity contribution in [3.8, 4) is 0 Å². The fourth-order valence-electron chi connectivity index (χ4n) is 1.81. The van der Waals surface area contributed by atoms with Crippen molar-refractivity contribution in [3.63, 3.8) is 0 Å². The van der Waals surface area contributed by atoms with Gasteiger partial charge >= 0.3 is 0 Å². The lowest BCUT2D eigenvalue weighted by molar-refractivity contribution is 0.0966. The lowest BCUT2D eigenvalue weighted by atomic mass is 10.2. The number of aromatic nitrogens is 2. The molecule has 3 aromatic rings. The van der Waals surface area contributed by atoms with Crippen LogP contribution in [0.1, 0.15) is 10.6 Å². The van der Waals surface area contributed by atoms with Crippen molar-refractivity contribution < 1.29 is 9.21 Å². The number of nitrogens with one attached hydrogen (secondary N) is 1. The monoisotopic (exact) mass is 241 g/mol. The third-order valence-electron chi connectivity index (χ3n) is 2.83. The number of imidazole rings is 1. The molecule has 0 aliphatic heterocycles. The molecule has 0 bridgehead atoms. The molecular weight excluding hydrogens is 230 g/mol. The van der Waals surface area contributed by atoms with Gasteiger partial charge in [0.2, 0.25) is 0 Å². The van der Waals surface area contributed by atoms with E-state index < -0.39 is 0 Å². The largest absolute Gasteiger partial charge is 0.459 e. The molecule has 0 spiro atoms. The van der Waals surface area contributed by atoms with E-state index in [0.717, 1.165) is 16.7 Å². The number of anilines is 1. The van der Waals surface area contributed by atoms with Gasteiger partial charge in [0.1, 0.15) is 0 Å². The molecule has 2 heterocycles. The highest BCUT2D eigenvalue weighted by Crippen LogP contribution is 2.20. The van der Waals surface area contributed by atoms with Crippen LogP contribution in [0.25, 0.3) is 11.0 Å². The number of carbonyl (C=O) groups is 1. The quantitative estimate of drug-likeness (QED) is 0.749. The lowest BCUT2D eigenvalue weighted by Gasteiger charge is -2.15. The van der Waals surface area contributed by atoms with E-state index in [1.54, 1.807) is 30.4 Å². The molecule has 5 heteroatoms. The van der Waals surface area contributed by atoms with Gasteiger partial charge in [0.25, 0.3) is 5.91 Å². The number of H-pyrrole nitrogens is 1. The topological polar surface area (TPSA) is 62.1 Å². The number of fused-ring (bicyclic) bond motifs is 1. The highest BCUT2D eigenvalue weighted by Gasteiger charge is 2.16. The smallest absolute Gasteiger partial charge is 0.293 e. The van der Waals surface area contributed by atoms with Crippen molar-refractivity contribution in [2.75, 3.05) is 11.9 Å². The number of carbonyl (C=O) groups excluding carboxylic acids is 1. The molecular formula is C13H11N3O2. The van der Waals surface area contributed by atoms with E-state index in [-0.39, 0.29) is 5.91 Å². The first-order valence-corrected chi connectivity index (χ1v) is 5.50. The second kappa shape index (κ2) is 4.03. The first-order valence-electron chi connectivity index (χ1n) is 5.50. The second-order valence-electron chi connectivity index (χ2n) is 3.95. The highest BCUT2D eigenvalue weighted by atomic mass is 16.3. The Morgan fingerprint density at radius 2 is 2.28 bits per heavy atom. The van der Waals surface area contributed by atoms with Gasteiger partial charge in [0, 0.05) is 12.7 Å². The summed E-state index contributed by atoms with van der Waals surface area (Å²) in [5.41, 5.74) is 2.55. The zero-order chi connectivity index (χ0) is 12.5. The van der Waals surface area contributed by atoms with Crippen LogP contribution >= 0.6 is 0 Å². The van der Waals surface area contributed by atoms with Crippen molar-refractivity contribution >= 4 is 22.6 Å². The number of hydrogen-bond acceptors (Lipinski definition) is 3. The Balaban J connectivity index is 1.96. The van der Waals surface area contributed by atoms with Gasteiger partial charge in [0.15, 0.2) is 5.76 Å².